The highest BCUT2D eigenvalue weighted by Crippen LogP contribution is 2.28. The molecule has 7 heteroatoms. The Morgan fingerprint density at radius 1 is 1.29 bits per heavy atom. The number of rotatable bonds is 2. The number of anilines is 1. The molecule has 1 aromatic heterocycles. The van der Waals surface area contributed by atoms with Crippen molar-refractivity contribution in [3.63, 3.8) is 0 Å². The summed E-state index contributed by atoms with van der Waals surface area (Å²) in [6, 6.07) is 5.01. The van der Waals surface area contributed by atoms with Gasteiger partial charge < -0.3 is 5.32 Å². The van der Waals surface area contributed by atoms with E-state index in [1.165, 1.54) is 0 Å². The number of nitrogens with zero attached hydrogens (tertiary/aromatic N) is 1. The number of aromatic nitrogens is 2. The number of aromatic amines is 1. The van der Waals surface area contributed by atoms with Crippen molar-refractivity contribution >= 4 is 57.5 Å². The topological polar surface area (TPSA) is 57.8 Å². The fourth-order valence-electron chi connectivity index (χ4n) is 1.67. The van der Waals surface area contributed by atoms with E-state index in [0.717, 1.165) is 5.69 Å². The molecule has 1 heterocycles. The number of H-pyrrole nitrogens is 1. The normalized spacial score (nSPS) is 11.5. The van der Waals surface area contributed by atoms with Crippen LogP contribution >= 0.6 is 45.8 Å². The van der Waals surface area contributed by atoms with Gasteiger partial charge in [0.15, 0.2) is 5.82 Å². The van der Waals surface area contributed by atoms with Gasteiger partial charge in [-0.2, -0.15) is 5.10 Å². The SMILES string of the molecule is CC(C)(C)c1cc(NC(=O)c2cc(Cl)cc(Cl)c2I)n[nH]1. The molecular formula is C14H14Cl2IN3O. The second kappa shape index (κ2) is 6.14. The van der Waals surface area contributed by atoms with E-state index in [4.69, 9.17) is 23.2 Å². The van der Waals surface area contributed by atoms with Crippen molar-refractivity contribution in [3.05, 3.63) is 43.1 Å². The van der Waals surface area contributed by atoms with Gasteiger partial charge in [-0.05, 0) is 34.7 Å². The monoisotopic (exact) mass is 437 g/mol. The predicted molar refractivity (Wildman–Crippen MR) is 94.4 cm³/mol. The summed E-state index contributed by atoms with van der Waals surface area (Å²) in [6.45, 7) is 6.18. The molecule has 21 heavy (non-hydrogen) atoms. The van der Waals surface area contributed by atoms with Crippen molar-refractivity contribution in [2.24, 2.45) is 0 Å². The molecule has 2 rings (SSSR count). The Morgan fingerprint density at radius 3 is 2.52 bits per heavy atom. The first-order valence-corrected chi connectivity index (χ1v) is 8.04. The van der Waals surface area contributed by atoms with Crippen molar-refractivity contribution in [2.45, 2.75) is 26.2 Å². The van der Waals surface area contributed by atoms with Crippen molar-refractivity contribution < 1.29 is 4.79 Å². The van der Waals surface area contributed by atoms with E-state index in [9.17, 15) is 4.79 Å². The molecule has 0 aliphatic carbocycles. The van der Waals surface area contributed by atoms with Gasteiger partial charge in [-0.15, -0.1) is 0 Å². The molecule has 0 aliphatic rings. The van der Waals surface area contributed by atoms with Gasteiger partial charge in [-0.1, -0.05) is 44.0 Å². The summed E-state index contributed by atoms with van der Waals surface area (Å²) < 4.78 is 0.655. The number of nitrogens with one attached hydrogen (secondary N) is 2. The Kier molecular flexibility index (Phi) is 4.85. The van der Waals surface area contributed by atoms with Crippen LogP contribution in [0.5, 0.6) is 0 Å². The van der Waals surface area contributed by atoms with Crippen LogP contribution in [0.1, 0.15) is 36.8 Å². The zero-order valence-corrected chi connectivity index (χ0v) is 15.4. The van der Waals surface area contributed by atoms with Crippen LogP contribution in [0.4, 0.5) is 5.82 Å². The van der Waals surface area contributed by atoms with Crippen LogP contribution in [0.2, 0.25) is 10.0 Å². The van der Waals surface area contributed by atoms with Gasteiger partial charge in [-0.3, -0.25) is 9.89 Å². The summed E-state index contributed by atoms with van der Waals surface area (Å²) in [5, 5.41) is 10.6. The molecule has 0 saturated carbocycles. The molecule has 0 fully saturated rings. The third kappa shape index (κ3) is 3.90. The van der Waals surface area contributed by atoms with Crippen LogP contribution in [0.3, 0.4) is 0 Å². The molecule has 2 aromatic rings. The second-order valence-corrected chi connectivity index (χ2v) is 7.54. The summed E-state index contributed by atoms with van der Waals surface area (Å²) in [5.41, 5.74) is 1.30. The first-order chi connectivity index (χ1) is 9.68. The Balaban J connectivity index is 2.25. The second-order valence-electron chi connectivity index (χ2n) is 5.62. The van der Waals surface area contributed by atoms with E-state index in [2.05, 4.69) is 36.3 Å². The first-order valence-electron chi connectivity index (χ1n) is 6.20. The minimum Gasteiger partial charge on any atom is -0.305 e. The Morgan fingerprint density at radius 2 is 1.95 bits per heavy atom. The lowest BCUT2D eigenvalue weighted by Crippen LogP contribution is -2.14. The fraction of sp³-hybridized carbons (Fsp3) is 0.286. The molecule has 1 aromatic carbocycles. The molecule has 1 amide bonds. The van der Waals surface area contributed by atoms with Gasteiger partial charge in [0.2, 0.25) is 0 Å². The quantitative estimate of drug-likeness (QED) is 0.520. The number of carbonyl (C=O) groups excluding carboxylic acids is 1. The molecule has 4 nitrogen and oxygen atoms in total. The fourth-order valence-corrected chi connectivity index (χ4v) is 2.72. The Bertz CT molecular complexity index is 692. The summed E-state index contributed by atoms with van der Waals surface area (Å²) in [4.78, 5) is 12.3. The van der Waals surface area contributed by atoms with Crippen molar-refractivity contribution in [1.29, 1.82) is 0 Å². The van der Waals surface area contributed by atoms with Crippen molar-refractivity contribution in [1.82, 2.24) is 10.2 Å². The summed E-state index contributed by atoms with van der Waals surface area (Å²) in [7, 11) is 0. The molecule has 0 unspecified atom stereocenters. The lowest BCUT2D eigenvalue weighted by Gasteiger charge is -2.14. The molecule has 0 spiro atoms. The summed E-state index contributed by atoms with van der Waals surface area (Å²) >= 11 is 14.0. The molecule has 0 saturated heterocycles. The number of hydrogen-bond acceptors (Lipinski definition) is 2. The minimum absolute atomic E-state index is 0.0657. The van der Waals surface area contributed by atoms with Crippen LogP contribution in [0.15, 0.2) is 18.2 Å². The highest BCUT2D eigenvalue weighted by atomic mass is 127. The van der Waals surface area contributed by atoms with E-state index in [1.54, 1.807) is 12.1 Å². The van der Waals surface area contributed by atoms with Crippen molar-refractivity contribution in [2.75, 3.05) is 5.32 Å². The van der Waals surface area contributed by atoms with Crippen LogP contribution in [-0.4, -0.2) is 16.1 Å². The van der Waals surface area contributed by atoms with Gasteiger partial charge in [-0.25, -0.2) is 0 Å². The summed E-state index contributed by atoms with van der Waals surface area (Å²) in [6.07, 6.45) is 0. The third-order valence-electron chi connectivity index (χ3n) is 2.87. The first kappa shape index (κ1) is 16.6. The molecular weight excluding hydrogens is 424 g/mol. The van der Waals surface area contributed by atoms with E-state index < -0.39 is 0 Å². The Labute approximate surface area is 146 Å². The maximum Gasteiger partial charge on any atom is 0.258 e. The van der Waals surface area contributed by atoms with Gasteiger partial charge >= 0.3 is 0 Å². The van der Waals surface area contributed by atoms with Crippen LogP contribution < -0.4 is 5.32 Å². The maximum absolute atomic E-state index is 12.3. The van der Waals surface area contributed by atoms with Gasteiger partial charge in [0.1, 0.15) is 0 Å². The number of hydrogen-bond donors (Lipinski definition) is 2. The lowest BCUT2D eigenvalue weighted by molar-refractivity contribution is 0.102. The number of benzene rings is 1. The number of halogens is 3. The molecule has 112 valence electrons. The standard InChI is InChI=1S/C14H14Cl2IN3O/c1-14(2,3)10-6-11(20-19-10)18-13(21)8-4-7(15)5-9(16)12(8)17/h4-6H,1-3H3,(H2,18,19,20,21). The predicted octanol–water partition coefficient (Wildman–Crippen LogP) is 4.87. The van der Waals surface area contributed by atoms with Crippen LogP contribution in [0.25, 0.3) is 0 Å². The number of carbonyl (C=O) groups is 1. The van der Waals surface area contributed by atoms with Crippen LogP contribution in [-0.2, 0) is 5.41 Å². The van der Waals surface area contributed by atoms with E-state index in [0.29, 0.717) is 25.0 Å². The number of amides is 1. The lowest BCUT2D eigenvalue weighted by atomic mass is 9.92. The molecule has 2 N–H and O–H groups in total. The largest absolute Gasteiger partial charge is 0.305 e. The molecule has 0 atom stereocenters. The zero-order chi connectivity index (χ0) is 15.8. The average Bonchev–Trinajstić information content (AvgIpc) is 2.82. The van der Waals surface area contributed by atoms with Crippen LogP contribution in [0, 0.1) is 3.57 Å². The molecule has 0 radical (unpaired) electrons. The zero-order valence-electron chi connectivity index (χ0n) is 11.7. The smallest absolute Gasteiger partial charge is 0.258 e. The maximum atomic E-state index is 12.3. The van der Waals surface area contributed by atoms with E-state index in [-0.39, 0.29) is 11.3 Å². The van der Waals surface area contributed by atoms with Gasteiger partial charge in [0.05, 0.1) is 10.6 Å². The van der Waals surface area contributed by atoms with Gasteiger partial charge in [0.25, 0.3) is 5.91 Å². The van der Waals surface area contributed by atoms with E-state index in [1.807, 2.05) is 28.7 Å². The van der Waals surface area contributed by atoms with E-state index >= 15 is 0 Å². The summed E-state index contributed by atoms with van der Waals surface area (Å²) in [5.74, 6) is 0.174. The molecule has 0 bridgehead atoms. The Hall–Kier alpha value is -0.790. The highest BCUT2D eigenvalue weighted by molar-refractivity contribution is 14.1. The third-order valence-corrected chi connectivity index (χ3v) is 4.86. The van der Waals surface area contributed by atoms with Gasteiger partial charge in [0, 0.05) is 25.8 Å². The minimum atomic E-state index is -0.296. The highest BCUT2D eigenvalue weighted by Gasteiger charge is 2.19. The molecule has 0 aliphatic heterocycles. The van der Waals surface area contributed by atoms with Crippen molar-refractivity contribution in [3.8, 4) is 0 Å². The average molecular weight is 438 g/mol.